The summed E-state index contributed by atoms with van der Waals surface area (Å²) in [5, 5.41) is 0. The lowest BCUT2D eigenvalue weighted by Gasteiger charge is -2.20. The molecular formula is C16H19BrN4. The van der Waals surface area contributed by atoms with Crippen molar-refractivity contribution in [3.8, 4) is 11.1 Å². The van der Waals surface area contributed by atoms with E-state index in [0.29, 0.717) is 5.82 Å². The molecule has 110 valence electrons. The van der Waals surface area contributed by atoms with Gasteiger partial charge in [-0.3, -0.25) is 0 Å². The topological polar surface area (TPSA) is 55.0 Å². The second-order valence-corrected chi connectivity index (χ2v) is 6.29. The summed E-state index contributed by atoms with van der Waals surface area (Å²) in [6.07, 6.45) is 6.84. The molecule has 0 spiro atoms. The monoisotopic (exact) mass is 346 g/mol. The average Bonchev–Trinajstić information content (AvgIpc) is 2.77. The van der Waals surface area contributed by atoms with Crippen LogP contribution in [-0.2, 0) is 0 Å². The lowest BCUT2D eigenvalue weighted by atomic mass is 10.1. The fourth-order valence-electron chi connectivity index (χ4n) is 2.66. The fourth-order valence-corrected chi connectivity index (χ4v) is 2.92. The van der Waals surface area contributed by atoms with Gasteiger partial charge in [0.2, 0.25) is 5.95 Å². The molecule has 2 N–H and O–H groups in total. The Hall–Kier alpha value is -1.62. The first-order valence-electron chi connectivity index (χ1n) is 7.37. The van der Waals surface area contributed by atoms with E-state index in [-0.39, 0.29) is 0 Å². The van der Waals surface area contributed by atoms with Gasteiger partial charge < -0.3 is 10.6 Å². The van der Waals surface area contributed by atoms with Gasteiger partial charge in [0.05, 0.1) is 0 Å². The molecule has 2 heterocycles. The smallest absolute Gasteiger partial charge is 0.227 e. The summed E-state index contributed by atoms with van der Waals surface area (Å²) in [7, 11) is 0. The predicted octanol–water partition coefficient (Wildman–Crippen LogP) is 3.87. The van der Waals surface area contributed by atoms with E-state index >= 15 is 0 Å². The molecule has 5 heteroatoms. The Bertz CT molecular complexity index is 604. The number of halogens is 1. The third-order valence-corrected chi connectivity index (χ3v) is 4.38. The quantitative estimate of drug-likeness (QED) is 0.896. The fraction of sp³-hybridized carbons (Fsp3) is 0.375. The maximum Gasteiger partial charge on any atom is 0.227 e. The number of anilines is 2. The van der Waals surface area contributed by atoms with Crippen LogP contribution in [0.5, 0.6) is 0 Å². The minimum atomic E-state index is 0.548. The Balaban J connectivity index is 1.86. The Morgan fingerprint density at radius 3 is 2.29 bits per heavy atom. The van der Waals surface area contributed by atoms with Gasteiger partial charge in [-0.15, -0.1) is 0 Å². The van der Waals surface area contributed by atoms with Crippen molar-refractivity contribution in [3.63, 3.8) is 0 Å². The maximum atomic E-state index is 6.15. The van der Waals surface area contributed by atoms with Crippen molar-refractivity contribution in [1.29, 1.82) is 0 Å². The van der Waals surface area contributed by atoms with E-state index in [0.717, 1.165) is 34.6 Å². The number of nitrogens with zero attached hydrogens (tertiary/aromatic N) is 3. The molecule has 0 atom stereocenters. The van der Waals surface area contributed by atoms with Crippen molar-refractivity contribution in [3.05, 3.63) is 34.9 Å². The van der Waals surface area contributed by atoms with E-state index in [1.54, 1.807) is 0 Å². The molecule has 0 unspecified atom stereocenters. The Morgan fingerprint density at radius 2 is 1.67 bits per heavy atom. The van der Waals surface area contributed by atoms with Crippen LogP contribution in [0.15, 0.2) is 34.9 Å². The van der Waals surface area contributed by atoms with Gasteiger partial charge in [0.1, 0.15) is 5.82 Å². The molecule has 1 aliphatic rings. The van der Waals surface area contributed by atoms with Crippen molar-refractivity contribution in [2.75, 3.05) is 23.7 Å². The van der Waals surface area contributed by atoms with Crippen LogP contribution in [0.4, 0.5) is 11.8 Å². The molecule has 0 radical (unpaired) electrons. The highest BCUT2D eigenvalue weighted by atomic mass is 79.9. The van der Waals surface area contributed by atoms with Crippen LogP contribution in [0.25, 0.3) is 11.1 Å². The Labute approximate surface area is 133 Å². The second-order valence-electron chi connectivity index (χ2n) is 5.38. The molecule has 1 aromatic heterocycles. The van der Waals surface area contributed by atoms with Gasteiger partial charge in [0.25, 0.3) is 0 Å². The lowest BCUT2D eigenvalue weighted by molar-refractivity contribution is 0.726. The summed E-state index contributed by atoms with van der Waals surface area (Å²) in [5.74, 6) is 1.31. The molecule has 2 aromatic rings. The van der Waals surface area contributed by atoms with Crippen LogP contribution < -0.4 is 10.6 Å². The number of rotatable bonds is 2. The van der Waals surface area contributed by atoms with Crippen molar-refractivity contribution >= 4 is 27.7 Å². The molecule has 1 saturated heterocycles. The first kappa shape index (κ1) is 14.3. The van der Waals surface area contributed by atoms with Gasteiger partial charge in [-0.1, -0.05) is 40.9 Å². The number of aromatic nitrogens is 2. The lowest BCUT2D eigenvalue weighted by Crippen LogP contribution is -2.26. The number of hydrogen-bond acceptors (Lipinski definition) is 4. The van der Waals surface area contributed by atoms with Crippen molar-refractivity contribution in [2.24, 2.45) is 0 Å². The third kappa shape index (κ3) is 3.35. The summed E-state index contributed by atoms with van der Waals surface area (Å²) in [5.41, 5.74) is 8.08. The molecule has 0 bridgehead atoms. The average molecular weight is 347 g/mol. The van der Waals surface area contributed by atoms with E-state index in [2.05, 4.69) is 30.8 Å². The summed E-state index contributed by atoms with van der Waals surface area (Å²) >= 11 is 3.44. The van der Waals surface area contributed by atoms with Crippen LogP contribution in [0, 0.1) is 0 Å². The van der Waals surface area contributed by atoms with Crippen molar-refractivity contribution in [1.82, 2.24) is 9.97 Å². The van der Waals surface area contributed by atoms with Crippen molar-refractivity contribution in [2.45, 2.75) is 25.7 Å². The van der Waals surface area contributed by atoms with Gasteiger partial charge in [0, 0.05) is 29.3 Å². The zero-order valence-electron chi connectivity index (χ0n) is 11.9. The molecule has 1 aliphatic heterocycles. The minimum absolute atomic E-state index is 0.548. The largest absolute Gasteiger partial charge is 0.383 e. The first-order valence-corrected chi connectivity index (χ1v) is 8.17. The summed E-state index contributed by atoms with van der Waals surface area (Å²) in [6.45, 7) is 2.05. The number of hydrogen-bond donors (Lipinski definition) is 1. The molecule has 4 nitrogen and oxygen atoms in total. The highest BCUT2D eigenvalue weighted by Gasteiger charge is 2.14. The van der Waals surface area contributed by atoms with E-state index in [1.807, 2.05) is 30.5 Å². The highest BCUT2D eigenvalue weighted by Crippen LogP contribution is 2.27. The number of nitrogens with two attached hydrogens (primary N) is 1. The van der Waals surface area contributed by atoms with E-state index in [9.17, 15) is 0 Å². The second kappa shape index (κ2) is 6.43. The summed E-state index contributed by atoms with van der Waals surface area (Å²) in [6, 6.07) is 8.03. The number of benzene rings is 1. The van der Waals surface area contributed by atoms with Crippen LogP contribution in [0.3, 0.4) is 0 Å². The standard InChI is InChI=1S/C16H19BrN4/c17-13-7-5-12(6-8-13)14-11-19-16(20-15(14)18)21-9-3-1-2-4-10-21/h5-8,11H,1-4,9-10H2,(H2,18,19,20). The van der Waals surface area contributed by atoms with Crippen LogP contribution in [0.2, 0.25) is 0 Å². The Morgan fingerprint density at radius 1 is 1.00 bits per heavy atom. The van der Waals surface area contributed by atoms with Gasteiger partial charge in [-0.25, -0.2) is 4.98 Å². The van der Waals surface area contributed by atoms with Crippen LogP contribution in [0.1, 0.15) is 25.7 Å². The summed E-state index contributed by atoms with van der Waals surface area (Å²) < 4.78 is 1.05. The molecule has 3 rings (SSSR count). The molecule has 1 aromatic carbocycles. The first-order chi connectivity index (χ1) is 10.2. The van der Waals surface area contributed by atoms with Gasteiger partial charge in [0.15, 0.2) is 0 Å². The summed E-state index contributed by atoms with van der Waals surface area (Å²) in [4.78, 5) is 11.3. The SMILES string of the molecule is Nc1nc(N2CCCCCC2)ncc1-c1ccc(Br)cc1. The van der Waals surface area contributed by atoms with E-state index in [1.165, 1.54) is 25.7 Å². The molecular weight excluding hydrogens is 328 g/mol. The molecule has 1 fully saturated rings. The molecule has 0 amide bonds. The van der Waals surface area contributed by atoms with Gasteiger partial charge >= 0.3 is 0 Å². The maximum absolute atomic E-state index is 6.15. The predicted molar refractivity (Wildman–Crippen MR) is 90.3 cm³/mol. The zero-order valence-corrected chi connectivity index (χ0v) is 13.5. The normalized spacial score (nSPS) is 15.8. The van der Waals surface area contributed by atoms with E-state index in [4.69, 9.17) is 5.73 Å². The minimum Gasteiger partial charge on any atom is -0.383 e. The van der Waals surface area contributed by atoms with Gasteiger partial charge in [-0.2, -0.15) is 4.98 Å². The molecule has 21 heavy (non-hydrogen) atoms. The zero-order chi connectivity index (χ0) is 14.7. The molecule has 0 aliphatic carbocycles. The van der Waals surface area contributed by atoms with Crippen LogP contribution in [-0.4, -0.2) is 23.1 Å². The third-order valence-electron chi connectivity index (χ3n) is 3.85. The highest BCUT2D eigenvalue weighted by molar-refractivity contribution is 9.10. The van der Waals surface area contributed by atoms with Gasteiger partial charge in [-0.05, 0) is 30.5 Å². The Kier molecular flexibility index (Phi) is 4.39. The van der Waals surface area contributed by atoms with E-state index < -0.39 is 0 Å². The van der Waals surface area contributed by atoms with Crippen LogP contribution >= 0.6 is 15.9 Å². The molecule has 0 saturated carbocycles. The number of nitrogen functional groups attached to an aromatic ring is 1. The van der Waals surface area contributed by atoms with Crippen molar-refractivity contribution < 1.29 is 0 Å².